The SMILES string of the molecule is CCOc1ccccc1NC(=O)C(C)N1CCN(c2ccc(Cl)cc2[N+](=O)[O-])CC1. The fraction of sp³-hybridized carbons (Fsp3) is 0.381. The Kier molecular flexibility index (Phi) is 7.12. The zero-order chi connectivity index (χ0) is 21.7. The van der Waals surface area contributed by atoms with E-state index >= 15 is 0 Å². The molecule has 1 unspecified atom stereocenters. The first kappa shape index (κ1) is 21.9. The number of ether oxygens (including phenoxy) is 1. The van der Waals surface area contributed by atoms with Crippen LogP contribution in [0.25, 0.3) is 0 Å². The van der Waals surface area contributed by atoms with Gasteiger partial charge in [-0.25, -0.2) is 0 Å². The topological polar surface area (TPSA) is 88.0 Å². The van der Waals surface area contributed by atoms with E-state index in [4.69, 9.17) is 16.3 Å². The number of nitrogens with zero attached hydrogens (tertiary/aromatic N) is 3. The molecule has 0 radical (unpaired) electrons. The van der Waals surface area contributed by atoms with Crippen LogP contribution in [0, 0.1) is 10.1 Å². The third-order valence-electron chi connectivity index (χ3n) is 5.16. The van der Waals surface area contributed by atoms with Gasteiger partial charge in [0.25, 0.3) is 5.69 Å². The van der Waals surface area contributed by atoms with Gasteiger partial charge in [-0.2, -0.15) is 0 Å². The van der Waals surface area contributed by atoms with Gasteiger partial charge >= 0.3 is 0 Å². The lowest BCUT2D eigenvalue weighted by Gasteiger charge is -2.38. The van der Waals surface area contributed by atoms with Gasteiger partial charge in [0.05, 0.1) is 23.3 Å². The van der Waals surface area contributed by atoms with Gasteiger partial charge in [0.2, 0.25) is 5.91 Å². The number of piperazine rings is 1. The van der Waals surface area contributed by atoms with Crippen LogP contribution in [0.5, 0.6) is 5.75 Å². The van der Waals surface area contributed by atoms with Crippen molar-refractivity contribution in [1.82, 2.24) is 4.90 Å². The van der Waals surface area contributed by atoms with E-state index in [1.54, 1.807) is 12.1 Å². The fourth-order valence-electron chi connectivity index (χ4n) is 3.51. The third kappa shape index (κ3) is 5.01. The molecule has 2 aromatic carbocycles. The Morgan fingerprint density at radius 1 is 1.23 bits per heavy atom. The lowest BCUT2D eigenvalue weighted by molar-refractivity contribution is -0.384. The quantitative estimate of drug-likeness (QED) is 0.529. The first-order valence-corrected chi connectivity index (χ1v) is 10.2. The minimum atomic E-state index is -0.417. The maximum Gasteiger partial charge on any atom is 0.294 e. The highest BCUT2D eigenvalue weighted by molar-refractivity contribution is 6.30. The molecule has 1 amide bonds. The van der Waals surface area contributed by atoms with E-state index in [0.29, 0.717) is 54.9 Å². The smallest absolute Gasteiger partial charge is 0.294 e. The number of benzene rings is 2. The molecule has 1 fully saturated rings. The van der Waals surface area contributed by atoms with Crippen molar-refractivity contribution in [3.8, 4) is 5.75 Å². The molecule has 2 aromatic rings. The lowest BCUT2D eigenvalue weighted by atomic mass is 10.1. The second-order valence-electron chi connectivity index (χ2n) is 7.01. The van der Waals surface area contributed by atoms with Crippen LogP contribution in [-0.2, 0) is 4.79 Å². The number of rotatable bonds is 7. The van der Waals surface area contributed by atoms with Gasteiger partial charge in [0, 0.05) is 37.3 Å². The molecule has 1 atom stereocenters. The maximum atomic E-state index is 12.8. The Labute approximate surface area is 180 Å². The molecule has 0 aromatic heterocycles. The van der Waals surface area contributed by atoms with Crippen LogP contribution in [0.3, 0.4) is 0 Å². The van der Waals surface area contributed by atoms with E-state index in [-0.39, 0.29) is 17.6 Å². The molecule has 8 nitrogen and oxygen atoms in total. The standard InChI is InChI=1S/C21H25ClN4O4/c1-3-30-20-7-5-4-6-17(20)23-21(27)15(2)24-10-12-25(13-11-24)18-9-8-16(22)14-19(18)26(28)29/h4-9,14-15H,3,10-13H2,1-2H3,(H,23,27). The summed E-state index contributed by atoms with van der Waals surface area (Å²) in [6, 6.07) is 11.7. The van der Waals surface area contributed by atoms with Gasteiger partial charge in [-0.05, 0) is 38.1 Å². The maximum absolute atomic E-state index is 12.8. The lowest BCUT2D eigenvalue weighted by Crippen LogP contribution is -2.53. The summed E-state index contributed by atoms with van der Waals surface area (Å²) in [6.45, 7) is 6.65. The molecule has 0 aliphatic carbocycles. The fourth-order valence-corrected chi connectivity index (χ4v) is 3.68. The first-order chi connectivity index (χ1) is 14.4. The summed E-state index contributed by atoms with van der Waals surface area (Å²) < 4.78 is 5.57. The van der Waals surface area contributed by atoms with Crippen molar-refractivity contribution >= 4 is 34.6 Å². The van der Waals surface area contributed by atoms with E-state index in [1.165, 1.54) is 6.07 Å². The highest BCUT2D eigenvalue weighted by Gasteiger charge is 2.28. The molecule has 0 bridgehead atoms. The Hall–Kier alpha value is -2.84. The van der Waals surface area contributed by atoms with Crippen LogP contribution in [-0.4, -0.2) is 54.6 Å². The predicted octanol–water partition coefficient (Wildman–Crippen LogP) is 3.80. The monoisotopic (exact) mass is 432 g/mol. The molecule has 1 N–H and O–H groups in total. The van der Waals surface area contributed by atoms with E-state index in [0.717, 1.165) is 0 Å². The number of nitro benzene ring substituents is 1. The number of hydrogen-bond acceptors (Lipinski definition) is 6. The van der Waals surface area contributed by atoms with Crippen molar-refractivity contribution in [2.75, 3.05) is 43.0 Å². The summed E-state index contributed by atoms with van der Waals surface area (Å²) in [7, 11) is 0. The zero-order valence-electron chi connectivity index (χ0n) is 17.0. The summed E-state index contributed by atoms with van der Waals surface area (Å²) in [6.07, 6.45) is 0. The van der Waals surface area contributed by atoms with Gasteiger partial charge in [-0.3, -0.25) is 19.8 Å². The summed E-state index contributed by atoms with van der Waals surface area (Å²) in [4.78, 5) is 27.8. The molecule has 1 aliphatic heterocycles. The highest BCUT2D eigenvalue weighted by Crippen LogP contribution is 2.32. The van der Waals surface area contributed by atoms with Crippen LogP contribution in [0.4, 0.5) is 17.1 Å². The number of halogens is 1. The van der Waals surface area contributed by atoms with Crippen molar-refractivity contribution in [1.29, 1.82) is 0 Å². The largest absolute Gasteiger partial charge is 0.492 e. The Balaban J connectivity index is 1.63. The van der Waals surface area contributed by atoms with Crippen LogP contribution in [0.15, 0.2) is 42.5 Å². The summed E-state index contributed by atoms with van der Waals surface area (Å²) in [5, 5.41) is 14.7. The molecule has 3 rings (SSSR count). The van der Waals surface area contributed by atoms with Crippen molar-refractivity contribution < 1.29 is 14.5 Å². The van der Waals surface area contributed by atoms with E-state index < -0.39 is 4.92 Å². The molecule has 9 heteroatoms. The molecule has 1 heterocycles. The Morgan fingerprint density at radius 2 is 1.93 bits per heavy atom. The minimum Gasteiger partial charge on any atom is -0.492 e. The second kappa shape index (κ2) is 9.77. The average Bonchev–Trinajstić information content (AvgIpc) is 2.75. The molecule has 160 valence electrons. The summed E-state index contributed by atoms with van der Waals surface area (Å²) >= 11 is 5.91. The van der Waals surface area contributed by atoms with E-state index in [2.05, 4.69) is 10.2 Å². The number of carbonyl (C=O) groups excluding carboxylic acids is 1. The van der Waals surface area contributed by atoms with Crippen LogP contribution >= 0.6 is 11.6 Å². The molecule has 30 heavy (non-hydrogen) atoms. The normalized spacial score (nSPS) is 15.5. The first-order valence-electron chi connectivity index (χ1n) is 9.86. The van der Waals surface area contributed by atoms with Crippen molar-refractivity contribution in [3.63, 3.8) is 0 Å². The van der Waals surface area contributed by atoms with Gasteiger partial charge in [0.15, 0.2) is 0 Å². The summed E-state index contributed by atoms with van der Waals surface area (Å²) in [5.41, 5.74) is 1.19. The van der Waals surface area contributed by atoms with Gasteiger partial charge in [-0.1, -0.05) is 23.7 Å². The molecule has 1 saturated heterocycles. The van der Waals surface area contributed by atoms with Gasteiger partial charge in [-0.15, -0.1) is 0 Å². The van der Waals surface area contributed by atoms with Gasteiger partial charge in [0.1, 0.15) is 11.4 Å². The van der Waals surface area contributed by atoms with E-state index in [9.17, 15) is 14.9 Å². The molecular formula is C21H25ClN4O4. The number of nitro groups is 1. The molecule has 0 spiro atoms. The molecule has 0 saturated carbocycles. The Morgan fingerprint density at radius 3 is 2.60 bits per heavy atom. The van der Waals surface area contributed by atoms with Crippen molar-refractivity contribution in [2.45, 2.75) is 19.9 Å². The highest BCUT2D eigenvalue weighted by atomic mass is 35.5. The van der Waals surface area contributed by atoms with Crippen molar-refractivity contribution in [3.05, 3.63) is 57.6 Å². The predicted molar refractivity (Wildman–Crippen MR) is 118 cm³/mol. The van der Waals surface area contributed by atoms with Crippen molar-refractivity contribution in [2.24, 2.45) is 0 Å². The van der Waals surface area contributed by atoms with Crippen LogP contribution in [0.2, 0.25) is 5.02 Å². The minimum absolute atomic E-state index is 0.00530. The molecule has 1 aliphatic rings. The van der Waals surface area contributed by atoms with Crippen LogP contribution in [0.1, 0.15) is 13.8 Å². The Bertz CT molecular complexity index is 916. The number of nitrogens with one attached hydrogen (secondary N) is 1. The number of anilines is 2. The number of amides is 1. The third-order valence-corrected chi connectivity index (χ3v) is 5.40. The van der Waals surface area contributed by atoms with Gasteiger partial charge < -0.3 is 15.0 Å². The summed E-state index contributed by atoms with van der Waals surface area (Å²) in [5.74, 6) is 0.522. The number of carbonyl (C=O) groups is 1. The average molecular weight is 433 g/mol. The second-order valence-corrected chi connectivity index (χ2v) is 7.44. The van der Waals surface area contributed by atoms with Crippen LogP contribution < -0.4 is 15.0 Å². The van der Waals surface area contributed by atoms with E-state index in [1.807, 2.05) is 43.0 Å². The molecular weight excluding hydrogens is 408 g/mol. The number of para-hydroxylation sites is 2. The number of hydrogen-bond donors (Lipinski definition) is 1. The zero-order valence-corrected chi connectivity index (χ0v) is 17.8.